The number of hydrogen-bond donors (Lipinski definition) is 2. The average Bonchev–Trinajstić information content (AvgIpc) is 2.91. The van der Waals surface area contributed by atoms with Crippen LogP contribution in [0.1, 0.15) is 37.2 Å². The normalized spacial score (nSPS) is 22.3. The molecule has 0 bridgehead atoms. The lowest BCUT2D eigenvalue weighted by molar-refractivity contribution is -0.935. The molecule has 1 aliphatic rings. The Hall–Kier alpha value is -1.46. The maximum atomic E-state index is 11.0. The number of thiazole rings is 1. The molecule has 0 aliphatic carbocycles. The van der Waals surface area contributed by atoms with Crippen molar-refractivity contribution < 1.29 is 9.69 Å². The molecule has 2 N–H and O–H groups in total. The van der Waals surface area contributed by atoms with Gasteiger partial charge in [-0.3, -0.25) is 4.79 Å². The number of fused-ring (bicyclic) bond motifs is 1. The minimum absolute atomic E-state index is 0.0583. The fourth-order valence-corrected chi connectivity index (χ4v) is 4.28. The van der Waals surface area contributed by atoms with Crippen molar-refractivity contribution in [2.75, 3.05) is 19.6 Å². The van der Waals surface area contributed by atoms with E-state index in [-0.39, 0.29) is 5.91 Å². The fourth-order valence-electron chi connectivity index (χ4n) is 3.11. The standard InChI is InChI=1S/C16H21N3OS/c1-12(20)17-9-11-19-10-5-4-7-14(19)16-18-13-6-2-3-8-15(13)21-16/h2-3,6,8,14H,4-5,7,9-11H2,1H3,(H,17,20)/p+1/t14-/m1/s1. The van der Waals surface area contributed by atoms with Gasteiger partial charge in [0.15, 0.2) is 5.01 Å². The third-order valence-electron chi connectivity index (χ3n) is 4.16. The number of nitrogens with one attached hydrogen (secondary N) is 2. The second-order valence-corrected chi connectivity index (χ2v) is 6.77. The van der Waals surface area contributed by atoms with Gasteiger partial charge in [0.1, 0.15) is 6.04 Å². The van der Waals surface area contributed by atoms with E-state index in [0.717, 1.165) is 18.6 Å². The molecule has 0 saturated carbocycles. The molecule has 5 heteroatoms. The van der Waals surface area contributed by atoms with Crippen molar-refractivity contribution in [1.82, 2.24) is 10.3 Å². The zero-order valence-electron chi connectivity index (χ0n) is 12.4. The first kappa shape index (κ1) is 14.5. The monoisotopic (exact) mass is 304 g/mol. The Bertz CT molecular complexity index is 592. The van der Waals surface area contributed by atoms with Gasteiger partial charge in [-0.25, -0.2) is 4.98 Å². The summed E-state index contributed by atoms with van der Waals surface area (Å²) in [5.41, 5.74) is 1.12. The van der Waals surface area contributed by atoms with Crippen molar-refractivity contribution in [2.24, 2.45) is 0 Å². The zero-order chi connectivity index (χ0) is 14.7. The van der Waals surface area contributed by atoms with Gasteiger partial charge >= 0.3 is 0 Å². The molecule has 1 amide bonds. The maximum absolute atomic E-state index is 11.0. The molecular weight excluding hydrogens is 282 g/mol. The summed E-state index contributed by atoms with van der Waals surface area (Å²) in [6.45, 7) is 4.50. The van der Waals surface area contributed by atoms with Crippen LogP contribution in [0.5, 0.6) is 0 Å². The summed E-state index contributed by atoms with van der Waals surface area (Å²) in [6, 6.07) is 8.86. The van der Waals surface area contributed by atoms with E-state index >= 15 is 0 Å². The summed E-state index contributed by atoms with van der Waals surface area (Å²) in [7, 11) is 0. The molecular formula is C16H22N3OS+. The van der Waals surface area contributed by atoms with Gasteiger partial charge in [0.25, 0.3) is 0 Å². The number of likely N-dealkylation sites (tertiary alicyclic amines) is 1. The Morgan fingerprint density at radius 2 is 2.29 bits per heavy atom. The molecule has 112 valence electrons. The molecule has 0 spiro atoms. The number of benzene rings is 1. The van der Waals surface area contributed by atoms with Gasteiger partial charge in [-0.05, 0) is 25.0 Å². The van der Waals surface area contributed by atoms with E-state index < -0.39 is 0 Å². The predicted molar refractivity (Wildman–Crippen MR) is 85.6 cm³/mol. The smallest absolute Gasteiger partial charge is 0.217 e. The lowest BCUT2D eigenvalue weighted by Gasteiger charge is -2.31. The van der Waals surface area contributed by atoms with Crippen LogP contribution in [-0.4, -0.2) is 30.5 Å². The number of quaternary nitrogens is 1. The summed E-state index contributed by atoms with van der Waals surface area (Å²) in [5.74, 6) is 0.0583. The average molecular weight is 304 g/mol. The number of rotatable bonds is 4. The zero-order valence-corrected chi connectivity index (χ0v) is 13.2. The number of para-hydroxylation sites is 1. The highest BCUT2D eigenvalue weighted by atomic mass is 32.1. The third-order valence-corrected chi connectivity index (χ3v) is 5.31. The number of carbonyl (C=O) groups excluding carboxylic acids is 1. The van der Waals surface area contributed by atoms with Gasteiger partial charge in [-0.2, -0.15) is 0 Å². The molecule has 3 rings (SSSR count). The molecule has 2 atom stereocenters. The van der Waals surface area contributed by atoms with Gasteiger partial charge in [0.2, 0.25) is 5.91 Å². The SMILES string of the molecule is CC(=O)NCC[NH+]1CCCC[C@@H]1c1nc2ccccc2s1. The molecule has 4 nitrogen and oxygen atoms in total. The second kappa shape index (κ2) is 6.54. The van der Waals surface area contributed by atoms with Crippen LogP contribution in [-0.2, 0) is 4.79 Å². The summed E-state index contributed by atoms with van der Waals surface area (Å²) in [5, 5.41) is 4.17. The molecule has 1 aliphatic heterocycles. The topological polar surface area (TPSA) is 46.4 Å². The number of aromatic nitrogens is 1. The van der Waals surface area contributed by atoms with E-state index in [1.807, 2.05) is 17.4 Å². The van der Waals surface area contributed by atoms with Crippen LogP contribution in [0.3, 0.4) is 0 Å². The number of amides is 1. The molecule has 1 saturated heterocycles. The summed E-state index contributed by atoms with van der Waals surface area (Å²) >= 11 is 1.83. The quantitative estimate of drug-likeness (QED) is 0.900. The highest BCUT2D eigenvalue weighted by Gasteiger charge is 2.29. The predicted octanol–water partition coefficient (Wildman–Crippen LogP) is 1.54. The van der Waals surface area contributed by atoms with Crippen LogP contribution in [0.4, 0.5) is 0 Å². The molecule has 1 aromatic heterocycles. The van der Waals surface area contributed by atoms with Crippen LogP contribution in [0.2, 0.25) is 0 Å². The van der Waals surface area contributed by atoms with Crippen LogP contribution in [0, 0.1) is 0 Å². The minimum atomic E-state index is 0.0583. The molecule has 21 heavy (non-hydrogen) atoms. The first-order chi connectivity index (χ1) is 10.2. The molecule has 2 aromatic rings. The highest BCUT2D eigenvalue weighted by molar-refractivity contribution is 7.18. The van der Waals surface area contributed by atoms with Crippen molar-refractivity contribution in [1.29, 1.82) is 0 Å². The molecule has 0 radical (unpaired) electrons. The van der Waals surface area contributed by atoms with Gasteiger partial charge in [0.05, 0.1) is 29.9 Å². The van der Waals surface area contributed by atoms with Crippen molar-refractivity contribution >= 4 is 27.5 Å². The van der Waals surface area contributed by atoms with Gasteiger partial charge < -0.3 is 10.2 Å². The van der Waals surface area contributed by atoms with Crippen LogP contribution < -0.4 is 10.2 Å². The van der Waals surface area contributed by atoms with E-state index in [4.69, 9.17) is 4.98 Å². The van der Waals surface area contributed by atoms with Crippen molar-refractivity contribution in [3.05, 3.63) is 29.3 Å². The highest BCUT2D eigenvalue weighted by Crippen LogP contribution is 2.28. The Morgan fingerprint density at radius 3 is 3.10 bits per heavy atom. The molecule has 2 heterocycles. The number of hydrogen-bond acceptors (Lipinski definition) is 3. The van der Waals surface area contributed by atoms with E-state index in [9.17, 15) is 4.79 Å². The second-order valence-electron chi connectivity index (χ2n) is 5.71. The van der Waals surface area contributed by atoms with Crippen molar-refractivity contribution in [3.63, 3.8) is 0 Å². The Labute approximate surface area is 129 Å². The first-order valence-electron chi connectivity index (χ1n) is 7.68. The Kier molecular flexibility index (Phi) is 4.51. The molecule has 1 unspecified atom stereocenters. The van der Waals surface area contributed by atoms with Crippen molar-refractivity contribution in [2.45, 2.75) is 32.2 Å². The largest absolute Gasteiger partial charge is 0.351 e. The van der Waals surface area contributed by atoms with E-state index in [2.05, 4.69) is 23.5 Å². The van der Waals surface area contributed by atoms with Gasteiger partial charge in [-0.1, -0.05) is 12.1 Å². The third kappa shape index (κ3) is 3.41. The van der Waals surface area contributed by atoms with E-state index in [1.165, 1.54) is 35.5 Å². The van der Waals surface area contributed by atoms with Crippen LogP contribution >= 0.6 is 11.3 Å². The summed E-state index contributed by atoms with van der Waals surface area (Å²) < 4.78 is 1.28. The van der Waals surface area contributed by atoms with Gasteiger partial charge in [0, 0.05) is 13.3 Å². The number of nitrogens with zero attached hydrogens (tertiary/aromatic N) is 1. The Morgan fingerprint density at radius 1 is 1.43 bits per heavy atom. The first-order valence-corrected chi connectivity index (χ1v) is 8.50. The van der Waals surface area contributed by atoms with Crippen molar-refractivity contribution in [3.8, 4) is 0 Å². The lowest BCUT2D eigenvalue weighted by Crippen LogP contribution is -3.13. The summed E-state index contributed by atoms with van der Waals surface area (Å²) in [6.07, 6.45) is 3.76. The Balaban J connectivity index is 1.75. The van der Waals surface area contributed by atoms with Gasteiger partial charge in [-0.15, -0.1) is 11.3 Å². The van der Waals surface area contributed by atoms with E-state index in [1.54, 1.807) is 11.8 Å². The fraction of sp³-hybridized carbons (Fsp3) is 0.500. The summed E-state index contributed by atoms with van der Waals surface area (Å²) in [4.78, 5) is 17.4. The lowest BCUT2D eigenvalue weighted by atomic mass is 10.0. The number of carbonyl (C=O) groups is 1. The minimum Gasteiger partial charge on any atom is -0.351 e. The maximum Gasteiger partial charge on any atom is 0.217 e. The molecule has 1 fully saturated rings. The number of piperidine rings is 1. The van der Waals surface area contributed by atoms with Crippen LogP contribution in [0.15, 0.2) is 24.3 Å². The van der Waals surface area contributed by atoms with E-state index in [0.29, 0.717) is 6.04 Å². The van der Waals surface area contributed by atoms with Crippen LogP contribution in [0.25, 0.3) is 10.2 Å². The molecule has 1 aromatic carbocycles.